The molecule has 33 heavy (non-hydrogen) atoms. The smallest absolute Gasteiger partial charge is 0.120 e. The van der Waals surface area contributed by atoms with E-state index >= 15 is 0 Å². The Kier molecular flexibility index (Phi) is 6.81. The molecular weight excluding hydrogens is 408 g/mol. The van der Waals surface area contributed by atoms with E-state index in [1.165, 1.54) is 57.3 Å². The van der Waals surface area contributed by atoms with E-state index in [9.17, 15) is 5.11 Å². The van der Waals surface area contributed by atoms with Crippen LogP contribution in [0, 0.1) is 20.8 Å². The monoisotopic (exact) mass is 444 g/mol. The third-order valence-electron chi connectivity index (χ3n) is 6.67. The number of benzene rings is 3. The third-order valence-corrected chi connectivity index (χ3v) is 6.67. The Labute approximate surface area is 198 Å². The molecular formula is C30H36O3. The molecule has 174 valence electrons. The first-order valence-corrected chi connectivity index (χ1v) is 12.0. The zero-order valence-electron chi connectivity index (χ0n) is 20.6. The Balaban J connectivity index is 1.52. The van der Waals surface area contributed by atoms with Crippen LogP contribution in [0.25, 0.3) is 11.1 Å². The fourth-order valence-electron chi connectivity index (χ4n) is 4.76. The van der Waals surface area contributed by atoms with Crippen molar-refractivity contribution in [3.8, 4) is 22.6 Å². The Hall–Kier alpha value is -2.78. The number of hydrogen-bond donors (Lipinski definition) is 1. The molecule has 0 atom stereocenters. The Morgan fingerprint density at radius 1 is 0.848 bits per heavy atom. The molecule has 0 radical (unpaired) electrons. The second-order valence-electron chi connectivity index (χ2n) is 10.0. The summed E-state index contributed by atoms with van der Waals surface area (Å²) >= 11 is 0. The Morgan fingerprint density at radius 2 is 1.58 bits per heavy atom. The lowest BCUT2D eigenvalue weighted by Gasteiger charge is -2.19. The Morgan fingerprint density at radius 3 is 2.30 bits per heavy atom. The predicted octanol–water partition coefficient (Wildman–Crippen LogP) is 6.89. The van der Waals surface area contributed by atoms with Gasteiger partial charge in [-0.05, 0) is 123 Å². The molecule has 3 aromatic carbocycles. The average Bonchev–Trinajstić information content (AvgIpc) is 3.20. The standard InChI is InChI=1S/C30H36O3/c1-20-16-27(32-15-14-30(4,5)31)17-21(2)29(20)28-11-7-10-25(22(28)3)19-33-26-13-12-23-8-6-9-24(23)18-26/h7,10-13,16-18,31H,6,8-9,14-15,19H2,1-5H3. The van der Waals surface area contributed by atoms with Crippen molar-refractivity contribution >= 4 is 0 Å². The molecule has 3 aromatic rings. The van der Waals surface area contributed by atoms with Crippen LogP contribution in [0.4, 0.5) is 0 Å². The summed E-state index contributed by atoms with van der Waals surface area (Å²) < 4.78 is 12.1. The molecule has 0 heterocycles. The van der Waals surface area contributed by atoms with Gasteiger partial charge in [0.25, 0.3) is 0 Å². The highest BCUT2D eigenvalue weighted by Gasteiger charge is 2.16. The van der Waals surface area contributed by atoms with Crippen LogP contribution in [0.3, 0.4) is 0 Å². The van der Waals surface area contributed by atoms with Crippen LogP contribution in [0.1, 0.15) is 60.1 Å². The van der Waals surface area contributed by atoms with E-state index in [0.717, 1.165) is 17.9 Å². The number of rotatable bonds is 8. The molecule has 0 bridgehead atoms. The van der Waals surface area contributed by atoms with Crippen LogP contribution in [-0.4, -0.2) is 17.3 Å². The van der Waals surface area contributed by atoms with Gasteiger partial charge < -0.3 is 14.6 Å². The van der Waals surface area contributed by atoms with Gasteiger partial charge in [-0.3, -0.25) is 0 Å². The van der Waals surface area contributed by atoms with Gasteiger partial charge in [0.1, 0.15) is 18.1 Å². The fraction of sp³-hybridized carbons (Fsp3) is 0.400. The topological polar surface area (TPSA) is 38.7 Å². The van der Waals surface area contributed by atoms with Crippen molar-refractivity contribution in [2.75, 3.05) is 6.61 Å². The average molecular weight is 445 g/mol. The maximum Gasteiger partial charge on any atom is 0.120 e. The molecule has 4 rings (SSSR count). The van der Waals surface area contributed by atoms with Crippen molar-refractivity contribution in [3.05, 3.63) is 81.9 Å². The highest BCUT2D eigenvalue weighted by Crippen LogP contribution is 2.35. The molecule has 0 amide bonds. The van der Waals surface area contributed by atoms with Gasteiger partial charge in [0, 0.05) is 6.42 Å². The second kappa shape index (κ2) is 9.61. The molecule has 0 fully saturated rings. The highest BCUT2D eigenvalue weighted by molar-refractivity contribution is 5.75. The number of hydrogen-bond acceptors (Lipinski definition) is 3. The van der Waals surface area contributed by atoms with Gasteiger partial charge in [0.2, 0.25) is 0 Å². The quantitative estimate of drug-likeness (QED) is 0.411. The van der Waals surface area contributed by atoms with Gasteiger partial charge in [0.15, 0.2) is 0 Å². The van der Waals surface area contributed by atoms with Gasteiger partial charge >= 0.3 is 0 Å². The predicted molar refractivity (Wildman–Crippen MR) is 135 cm³/mol. The first-order chi connectivity index (χ1) is 15.7. The fourth-order valence-corrected chi connectivity index (χ4v) is 4.76. The molecule has 0 saturated heterocycles. The lowest BCUT2D eigenvalue weighted by molar-refractivity contribution is 0.0553. The summed E-state index contributed by atoms with van der Waals surface area (Å²) in [5, 5.41) is 9.92. The summed E-state index contributed by atoms with van der Waals surface area (Å²) in [6.07, 6.45) is 4.20. The van der Waals surface area contributed by atoms with E-state index in [4.69, 9.17) is 9.47 Å². The molecule has 1 N–H and O–H groups in total. The van der Waals surface area contributed by atoms with Crippen LogP contribution in [-0.2, 0) is 19.4 Å². The number of aliphatic hydroxyl groups is 1. The van der Waals surface area contributed by atoms with Crippen LogP contribution in [0.5, 0.6) is 11.5 Å². The Bertz CT molecular complexity index is 1110. The summed E-state index contributed by atoms with van der Waals surface area (Å²) in [4.78, 5) is 0. The minimum Gasteiger partial charge on any atom is -0.493 e. The van der Waals surface area contributed by atoms with E-state index < -0.39 is 5.60 Å². The number of ether oxygens (including phenoxy) is 2. The molecule has 0 unspecified atom stereocenters. The summed E-state index contributed by atoms with van der Waals surface area (Å²) in [6, 6.07) is 17.2. The molecule has 3 heteroatoms. The van der Waals surface area contributed by atoms with Crippen molar-refractivity contribution in [3.63, 3.8) is 0 Å². The number of fused-ring (bicyclic) bond motifs is 1. The first-order valence-electron chi connectivity index (χ1n) is 12.0. The number of aryl methyl sites for hydroxylation is 4. The lowest BCUT2D eigenvalue weighted by Crippen LogP contribution is -2.21. The lowest BCUT2D eigenvalue weighted by atomic mass is 9.90. The summed E-state index contributed by atoms with van der Waals surface area (Å²) in [5.74, 6) is 1.81. The molecule has 3 nitrogen and oxygen atoms in total. The van der Waals surface area contributed by atoms with Crippen molar-refractivity contribution in [1.82, 2.24) is 0 Å². The normalized spacial score (nSPS) is 13.2. The minimum atomic E-state index is -0.719. The van der Waals surface area contributed by atoms with Crippen molar-refractivity contribution < 1.29 is 14.6 Å². The van der Waals surface area contributed by atoms with Crippen LogP contribution < -0.4 is 9.47 Å². The maximum absolute atomic E-state index is 9.92. The van der Waals surface area contributed by atoms with E-state index in [0.29, 0.717) is 19.6 Å². The minimum absolute atomic E-state index is 0.496. The highest BCUT2D eigenvalue weighted by atomic mass is 16.5. The first kappa shape index (κ1) is 23.4. The van der Waals surface area contributed by atoms with Gasteiger partial charge in [-0.15, -0.1) is 0 Å². The van der Waals surface area contributed by atoms with Gasteiger partial charge in [0.05, 0.1) is 12.2 Å². The van der Waals surface area contributed by atoms with Gasteiger partial charge in [-0.25, -0.2) is 0 Å². The molecule has 1 aliphatic carbocycles. The largest absolute Gasteiger partial charge is 0.493 e. The summed E-state index contributed by atoms with van der Waals surface area (Å²) in [5.41, 5.74) is 9.51. The van der Waals surface area contributed by atoms with Crippen LogP contribution >= 0.6 is 0 Å². The van der Waals surface area contributed by atoms with Crippen molar-refractivity contribution in [2.24, 2.45) is 0 Å². The summed E-state index contributed by atoms with van der Waals surface area (Å²) in [6.45, 7) is 11.1. The van der Waals surface area contributed by atoms with Crippen molar-refractivity contribution in [1.29, 1.82) is 0 Å². The van der Waals surface area contributed by atoms with E-state index in [1.807, 2.05) is 0 Å². The zero-order valence-corrected chi connectivity index (χ0v) is 20.6. The molecule has 0 saturated carbocycles. The third kappa shape index (κ3) is 5.59. The van der Waals surface area contributed by atoms with Crippen molar-refractivity contribution in [2.45, 2.75) is 72.5 Å². The van der Waals surface area contributed by atoms with Crippen LogP contribution in [0.2, 0.25) is 0 Å². The van der Waals surface area contributed by atoms with Gasteiger partial charge in [-0.2, -0.15) is 0 Å². The maximum atomic E-state index is 9.92. The van der Waals surface area contributed by atoms with Crippen LogP contribution in [0.15, 0.2) is 48.5 Å². The zero-order chi connectivity index (χ0) is 23.6. The SMILES string of the molecule is Cc1cc(OCCC(C)(C)O)cc(C)c1-c1cccc(COc2ccc3c(c2)CCC3)c1C. The van der Waals surface area contributed by atoms with E-state index in [2.05, 4.69) is 69.3 Å². The van der Waals surface area contributed by atoms with E-state index in [1.54, 1.807) is 13.8 Å². The molecule has 1 aliphatic rings. The van der Waals surface area contributed by atoms with E-state index in [-0.39, 0.29) is 0 Å². The summed E-state index contributed by atoms with van der Waals surface area (Å²) in [7, 11) is 0. The molecule has 0 spiro atoms. The molecule has 0 aromatic heterocycles. The molecule has 0 aliphatic heterocycles. The van der Waals surface area contributed by atoms with Gasteiger partial charge in [-0.1, -0.05) is 24.3 Å². The second-order valence-corrected chi connectivity index (χ2v) is 10.0.